The van der Waals surface area contributed by atoms with Gasteiger partial charge in [0.15, 0.2) is 5.13 Å². The maximum atomic E-state index is 12.9. The Bertz CT molecular complexity index is 843. The van der Waals surface area contributed by atoms with Crippen LogP contribution in [0.1, 0.15) is 51.9 Å². The van der Waals surface area contributed by atoms with Crippen LogP contribution in [0.15, 0.2) is 24.3 Å². The molecule has 1 aliphatic rings. The molecule has 2 aromatic rings. The van der Waals surface area contributed by atoms with Crippen molar-refractivity contribution in [1.82, 2.24) is 15.2 Å². The zero-order chi connectivity index (χ0) is 21.3. The number of anilines is 1. The number of thiazole rings is 1. The van der Waals surface area contributed by atoms with Gasteiger partial charge in [0, 0.05) is 6.42 Å². The molecule has 2 amide bonds. The Morgan fingerprint density at radius 1 is 1.13 bits per heavy atom. The second-order valence-corrected chi connectivity index (χ2v) is 8.91. The zero-order valence-electron chi connectivity index (χ0n) is 17.5. The van der Waals surface area contributed by atoms with Gasteiger partial charge in [0.2, 0.25) is 11.8 Å². The van der Waals surface area contributed by atoms with E-state index in [4.69, 9.17) is 0 Å². The molecule has 1 aromatic heterocycles. The van der Waals surface area contributed by atoms with E-state index in [1.165, 1.54) is 11.3 Å². The number of benzene rings is 1. The Balaban J connectivity index is 1.58. The molecule has 1 aromatic carbocycles. The van der Waals surface area contributed by atoms with Crippen LogP contribution in [-0.4, -0.2) is 53.2 Å². The molecular weight excluding hydrogens is 400 g/mol. The first-order chi connectivity index (χ1) is 14.5. The lowest BCUT2D eigenvalue weighted by Gasteiger charge is -2.20. The summed E-state index contributed by atoms with van der Waals surface area (Å²) >= 11 is 1.42. The molecule has 162 valence electrons. The van der Waals surface area contributed by atoms with Gasteiger partial charge in [0.05, 0.1) is 16.8 Å². The zero-order valence-corrected chi connectivity index (χ0v) is 18.3. The van der Waals surface area contributed by atoms with Gasteiger partial charge in [-0.2, -0.15) is 0 Å². The number of rotatable bonds is 11. The average Bonchev–Trinajstić information content (AvgIpc) is 3.35. The number of para-hydroxylation sites is 1. The van der Waals surface area contributed by atoms with Crippen LogP contribution >= 0.6 is 11.3 Å². The molecule has 0 spiro atoms. The number of ketones is 1. The minimum atomic E-state index is -0.607. The molecule has 7 nitrogen and oxygen atoms in total. The molecule has 1 atom stereocenters. The Kier molecular flexibility index (Phi) is 8.33. The summed E-state index contributed by atoms with van der Waals surface area (Å²) in [6.45, 7) is 3.78. The van der Waals surface area contributed by atoms with Crippen LogP contribution in [0, 0.1) is 0 Å². The van der Waals surface area contributed by atoms with Crippen molar-refractivity contribution in [3.63, 3.8) is 0 Å². The fourth-order valence-corrected chi connectivity index (χ4v) is 4.54. The minimum Gasteiger partial charge on any atom is -0.343 e. The molecule has 30 heavy (non-hydrogen) atoms. The molecule has 0 radical (unpaired) electrons. The number of amides is 2. The van der Waals surface area contributed by atoms with Gasteiger partial charge in [-0.1, -0.05) is 36.3 Å². The number of aromatic nitrogens is 1. The maximum Gasteiger partial charge on any atom is 0.248 e. The Hall–Kier alpha value is -2.32. The van der Waals surface area contributed by atoms with E-state index in [-0.39, 0.29) is 17.6 Å². The number of likely N-dealkylation sites (tertiary alicyclic amines) is 1. The van der Waals surface area contributed by atoms with Crippen molar-refractivity contribution in [1.29, 1.82) is 0 Å². The van der Waals surface area contributed by atoms with Gasteiger partial charge in [-0.05, 0) is 57.8 Å². The average molecular weight is 431 g/mol. The van der Waals surface area contributed by atoms with Crippen molar-refractivity contribution < 1.29 is 14.4 Å². The predicted molar refractivity (Wildman–Crippen MR) is 120 cm³/mol. The standard InChI is InChI=1S/C22H30N4O3S/c1-16(27)9-3-2-4-11-18(23-20(28)15-26-13-7-8-14-26)21(29)25-22-24-17-10-5-6-12-19(17)30-22/h5-6,10,12,18H,2-4,7-9,11,13-15H2,1H3,(H,23,28)(H,24,25,29)/t18-/m0/s1. The number of fused-ring (bicyclic) bond motifs is 1. The van der Waals surface area contributed by atoms with E-state index < -0.39 is 6.04 Å². The maximum absolute atomic E-state index is 12.9. The van der Waals surface area contributed by atoms with E-state index in [1.807, 2.05) is 24.3 Å². The number of hydrogen-bond donors (Lipinski definition) is 2. The summed E-state index contributed by atoms with van der Waals surface area (Å²) in [4.78, 5) is 43.1. The van der Waals surface area contributed by atoms with Crippen molar-refractivity contribution >= 4 is 44.3 Å². The third-order valence-corrected chi connectivity index (χ3v) is 6.22. The third-order valence-electron chi connectivity index (χ3n) is 5.26. The second-order valence-electron chi connectivity index (χ2n) is 7.88. The smallest absolute Gasteiger partial charge is 0.248 e. The number of Topliss-reactive ketones (excluding diaryl/α,β-unsaturated/α-hetero) is 1. The van der Waals surface area contributed by atoms with Crippen molar-refractivity contribution in [2.75, 3.05) is 25.0 Å². The van der Waals surface area contributed by atoms with Crippen LogP contribution in [0.5, 0.6) is 0 Å². The monoisotopic (exact) mass is 430 g/mol. The summed E-state index contributed by atoms with van der Waals surface area (Å²) in [5.74, 6) is -0.181. The summed E-state index contributed by atoms with van der Waals surface area (Å²) in [6, 6.07) is 7.12. The quantitative estimate of drug-likeness (QED) is 0.534. The summed E-state index contributed by atoms with van der Waals surface area (Å²) in [5.41, 5.74) is 0.844. The topological polar surface area (TPSA) is 91.4 Å². The van der Waals surface area contributed by atoms with E-state index in [0.717, 1.165) is 55.4 Å². The van der Waals surface area contributed by atoms with Crippen LogP contribution in [0.2, 0.25) is 0 Å². The van der Waals surface area contributed by atoms with Gasteiger partial charge in [-0.15, -0.1) is 0 Å². The van der Waals surface area contributed by atoms with Crippen molar-refractivity contribution in [2.24, 2.45) is 0 Å². The summed E-state index contributed by atoms with van der Waals surface area (Å²) in [7, 11) is 0. The normalized spacial score (nSPS) is 15.2. The van der Waals surface area contributed by atoms with Gasteiger partial charge in [-0.25, -0.2) is 4.98 Å². The van der Waals surface area contributed by atoms with Gasteiger partial charge in [0.1, 0.15) is 11.8 Å². The lowest BCUT2D eigenvalue weighted by atomic mass is 10.1. The molecule has 2 N–H and O–H groups in total. The minimum absolute atomic E-state index is 0.120. The first-order valence-electron chi connectivity index (χ1n) is 10.7. The number of hydrogen-bond acceptors (Lipinski definition) is 6. The molecule has 1 aliphatic heterocycles. The highest BCUT2D eigenvalue weighted by atomic mass is 32.1. The van der Waals surface area contributed by atoms with Crippen molar-refractivity contribution in [2.45, 2.75) is 57.9 Å². The lowest BCUT2D eigenvalue weighted by molar-refractivity contribution is -0.127. The molecule has 0 bridgehead atoms. The largest absolute Gasteiger partial charge is 0.343 e. The molecule has 8 heteroatoms. The fraction of sp³-hybridized carbons (Fsp3) is 0.545. The van der Waals surface area contributed by atoms with Crippen LogP contribution < -0.4 is 10.6 Å². The fourth-order valence-electron chi connectivity index (χ4n) is 3.67. The highest BCUT2D eigenvalue weighted by molar-refractivity contribution is 7.22. The Morgan fingerprint density at radius 3 is 2.63 bits per heavy atom. The summed E-state index contributed by atoms with van der Waals surface area (Å²) in [6.07, 6.45) is 5.77. The highest BCUT2D eigenvalue weighted by Crippen LogP contribution is 2.25. The van der Waals surface area contributed by atoms with Gasteiger partial charge in [-0.3, -0.25) is 14.5 Å². The second kappa shape index (κ2) is 11.2. The predicted octanol–water partition coefficient (Wildman–Crippen LogP) is 3.35. The summed E-state index contributed by atoms with van der Waals surface area (Å²) in [5, 5.41) is 6.33. The van der Waals surface area contributed by atoms with Crippen LogP contribution in [-0.2, 0) is 14.4 Å². The van der Waals surface area contributed by atoms with Gasteiger partial charge < -0.3 is 15.4 Å². The number of carbonyl (C=O) groups is 3. The van der Waals surface area contributed by atoms with E-state index >= 15 is 0 Å². The number of nitrogens with zero attached hydrogens (tertiary/aromatic N) is 2. The van der Waals surface area contributed by atoms with Crippen LogP contribution in [0.4, 0.5) is 5.13 Å². The van der Waals surface area contributed by atoms with Gasteiger partial charge in [0.25, 0.3) is 0 Å². The molecule has 2 heterocycles. The van der Waals surface area contributed by atoms with E-state index in [0.29, 0.717) is 24.5 Å². The molecule has 1 saturated heterocycles. The number of unbranched alkanes of at least 4 members (excludes halogenated alkanes) is 2. The Labute approximate surface area is 181 Å². The van der Waals surface area contributed by atoms with Crippen LogP contribution in [0.25, 0.3) is 10.2 Å². The van der Waals surface area contributed by atoms with Gasteiger partial charge >= 0.3 is 0 Å². The SMILES string of the molecule is CC(=O)CCCCC[C@H](NC(=O)CN1CCCC1)C(=O)Nc1nc2ccccc2s1. The highest BCUT2D eigenvalue weighted by Gasteiger charge is 2.23. The van der Waals surface area contributed by atoms with E-state index in [2.05, 4.69) is 20.5 Å². The van der Waals surface area contributed by atoms with E-state index in [9.17, 15) is 14.4 Å². The molecular formula is C22H30N4O3S. The van der Waals surface area contributed by atoms with Crippen molar-refractivity contribution in [3.8, 4) is 0 Å². The lowest BCUT2D eigenvalue weighted by Crippen LogP contribution is -2.47. The van der Waals surface area contributed by atoms with Crippen LogP contribution in [0.3, 0.4) is 0 Å². The molecule has 0 unspecified atom stereocenters. The molecule has 0 saturated carbocycles. The number of nitrogens with one attached hydrogen (secondary N) is 2. The van der Waals surface area contributed by atoms with Crippen molar-refractivity contribution in [3.05, 3.63) is 24.3 Å². The first-order valence-corrected chi connectivity index (χ1v) is 11.5. The molecule has 1 fully saturated rings. The summed E-state index contributed by atoms with van der Waals surface area (Å²) < 4.78 is 1.01. The third kappa shape index (κ3) is 6.88. The Morgan fingerprint density at radius 2 is 1.90 bits per heavy atom. The molecule has 0 aliphatic carbocycles. The van der Waals surface area contributed by atoms with E-state index in [1.54, 1.807) is 6.92 Å². The number of carbonyl (C=O) groups excluding carboxylic acids is 3. The molecule has 3 rings (SSSR count). The first kappa shape index (κ1) is 22.4.